The van der Waals surface area contributed by atoms with Crippen molar-refractivity contribution in [2.24, 2.45) is 0 Å². The van der Waals surface area contributed by atoms with Crippen molar-refractivity contribution in [1.82, 2.24) is 0 Å². The lowest BCUT2D eigenvalue weighted by Crippen LogP contribution is -3.00. The zero-order chi connectivity index (χ0) is 25.4. The van der Waals surface area contributed by atoms with Gasteiger partial charge in [0, 0.05) is 33.1 Å². The van der Waals surface area contributed by atoms with E-state index in [0.717, 1.165) is 24.4 Å². The smallest absolute Gasteiger partial charge is 0.363 e. The van der Waals surface area contributed by atoms with Gasteiger partial charge in [0.1, 0.15) is 13.2 Å². The summed E-state index contributed by atoms with van der Waals surface area (Å²) < 4.78 is 8.29. The number of hydrogen-bond donors (Lipinski definition) is 1. The second kappa shape index (κ2) is 18.8. The van der Waals surface area contributed by atoms with Gasteiger partial charge in [-0.2, -0.15) is 4.58 Å². The first-order chi connectivity index (χ1) is 17.0. The molecule has 1 atom stereocenters. The summed E-state index contributed by atoms with van der Waals surface area (Å²) in [6.45, 7) is 5.98. The molecule has 2 rings (SSSR count). The van der Waals surface area contributed by atoms with E-state index in [9.17, 15) is 5.11 Å². The molecule has 0 radical (unpaired) electrons. The van der Waals surface area contributed by atoms with E-state index in [1.807, 2.05) is 0 Å². The molecule has 0 fully saturated rings. The molecule has 36 heavy (non-hydrogen) atoms. The summed E-state index contributed by atoms with van der Waals surface area (Å²) in [6, 6.07) is 8.52. The van der Waals surface area contributed by atoms with Crippen LogP contribution in [0, 0.1) is 0 Å². The van der Waals surface area contributed by atoms with Crippen LogP contribution in [-0.4, -0.2) is 55.0 Å². The van der Waals surface area contributed by atoms with E-state index in [1.54, 1.807) is 0 Å². The standard InChI is InChI=1S/C31H53N2O2.BrH/c1-5-6-7-8-9-10-11-12-13-14-15-16-17-18-25-33-30(35-27-31(33,2)26-34)24-21-28-19-22-29(23-20-28)32(3)4;/h19-24,34H,5-18,25-27H2,1-4H3;1H/q+1;/p-1. The van der Waals surface area contributed by atoms with Crippen molar-refractivity contribution >= 4 is 17.7 Å². The van der Waals surface area contributed by atoms with Crippen molar-refractivity contribution < 1.29 is 31.4 Å². The number of ether oxygens (including phenoxy) is 1. The fraction of sp³-hybridized carbons (Fsp3) is 0.710. The predicted octanol–water partition coefficient (Wildman–Crippen LogP) is 4.44. The fourth-order valence-electron chi connectivity index (χ4n) is 4.82. The van der Waals surface area contributed by atoms with E-state index in [-0.39, 0.29) is 29.1 Å². The van der Waals surface area contributed by atoms with Gasteiger partial charge in [0.15, 0.2) is 6.61 Å². The molecule has 1 N–H and O–H groups in total. The van der Waals surface area contributed by atoms with E-state index in [4.69, 9.17) is 4.74 Å². The molecular formula is C31H53BrN2O2. The molecule has 0 saturated carbocycles. The highest BCUT2D eigenvalue weighted by Crippen LogP contribution is 2.21. The van der Waals surface area contributed by atoms with Crippen LogP contribution in [-0.2, 0) is 4.74 Å². The number of halogens is 1. The first-order valence-electron chi connectivity index (χ1n) is 14.3. The van der Waals surface area contributed by atoms with Crippen molar-refractivity contribution in [3.63, 3.8) is 0 Å². The Kier molecular flexibility index (Phi) is 17.1. The fourth-order valence-corrected chi connectivity index (χ4v) is 4.82. The molecule has 0 spiro atoms. The molecule has 1 aromatic rings. The van der Waals surface area contributed by atoms with Crippen molar-refractivity contribution in [2.45, 2.75) is 109 Å². The van der Waals surface area contributed by atoms with Crippen LogP contribution in [0.2, 0.25) is 0 Å². The SMILES string of the molecule is CCCCCCCCCCCCCCCC[N+]1=C(C=Cc2ccc(N(C)C)cc2)OCC1(C)CO.[Br-]. The lowest BCUT2D eigenvalue weighted by atomic mass is 10.0. The number of rotatable bonds is 19. The minimum atomic E-state index is -0.328. The van der Waals surface area contributed by atoms with Crippen molar-refractivity contribution in [1.29, 1.82) is 0 Å². The van der Waals surface area contributed by atoms with Gasteiger partial charge in [0.25, 0.3) is 0 Å². The lowest BCUT2D eigenvalue weighted by molar-refractivity contribution is -0.596. The largest absolute Gasteiger partial charge is 1.00 e. The van der Waals surface area contributed by atoms with Crippen LogP contribution in [0.5, 0.6) is 0 Å². The van der Waals surface area contributed by atoms with Gasteiger partial charge in [-0.15, -0.1) is 0 Å². The van der Waals surface area contributed by atoms with E-state index >= 15 is 0 Å². The Balaban J connectivity index is 0.00000648. The lowest BCUT2D eigenvalue weighted by Gasteiger charge is -2.17. The van der Waals surface area contributed by atoms with Gasteiger partial charge in [-0.25, -0.2) is 0 Å². The Morgan fingerprint density at radius 2 is 1.33 bits per heavy atom. The maximum atomic E-state index is 10.0. The number of unbranched alkanes of at least 4 members (excludes halogenated alkanes) is 13. The molecule has 0 aromatic heterocycles. The highest BCUT2D eigenvalue weighted by molar-refractivity contribution is 5.89. The molecule has 5 heteroatoms. The van der Waals surface area contributed by atoms with E-state index < -0.39 is 0 Å². The summed E-state index contributed by atoms with van der Waals surface area (Å²) in [7, 11) is 4.11. The maximum absolute atomic E-state index is 10.0. The van der Waals surface area contributed by atoms with Crippen LogP contribution in [0.3, 0.4) is 0 Å². The van der Waals surface area contributed by atoms with Gasteiger partial charge in [0.2, 0.25) is 5.54 Å². The number of aliphatic hydroxyl groups is 1. The van der Waals surface area contributed by atoms with Gasteiger partial charge < -0.3 is 31.7 Å². The molecule has 0 amide bonds. The summed E-state index contributed by atoms with van der Waals surface area (Å²) in [5.74, 6) is 0.882. The van der Waals surface area contributed by atoms with Crippen LogP contribution >= 0.6 is 0 Å². The number of aliphatic hydroxyl groups excluding tert-OH is 1. The topological polar surface area (TPSA) is 35.7 Å². The average molecular weight is 566 g/mol. The van der Waals surface area contributed by atoms with Crippen LogP contribution in [0.25, 0.3) is 6.08 Å². The monoisotopic (exact) mass is 564 g/mol. The average Bonchev–Trinajstić information content (AvgIpc) is 3.19. The normalized spacial score (nSPS) is 17.5. The molecule has 1 heterocycles. The summed E-state index contributed by atoms with van der Waals surface area (Å²) in [5.41, 5.74) is 2.02. The van der Waals surface area contributed by atoms with Gasteiger partial charge in [-0.3, -0.25) is 0 Å². The predicted molar refractivity (Wildman–Crippen MR) is 152 cm³/mol. The van der Waals surface area contributed by atoms with Gasteiger partial charge in [-0.1, -0.05) is 96.1 Å². The summed E-state index contributed by atoms with van der Waals surface area (Å²) in [4.78, 5) is 2.10. The highest BCUT2D eigenvalue weighted by atomic mass is 79.9. The Labute approximate surface area is 232 Å². The molecule has 4 nitrogen and oxygen atoms in total. The summed E-state index contributed by atoms with van der Waals surface area (Å²) >= 11 is 0. The van der Waals surface area contributed by atoms with Gasteiger partial charge in [0.05, 0.1) is 6.08 Å². The minimum absolute atomic E-state index is 0. The van der Waals surface area contributed by atoms with Crippen LogP contribution in [0.1, 0.15) is 109 Å². The molecule has 0 aliphatic carbocycles. The highest BCUT2D eigenvalue weighted by Gasteiger charge is 2.44. The van der Waals surface area contributed by atoms with Crippen LogP contribution < -0.4 is 21.9 Å². The second-order valence-corrected chi connectivity index (χ2v) is 10.8. The zero-order valence-electron chi connectivity index (χ0n) is 23.6. The zero-order valence-corrected chi connectivity index (χ0v) is 25.2. The number of nitrogens with zero attached hydrogens (tertiary/aromatic N) is 2. The van der Waals surface area contributed by atoms with Gasteiger partial charge >= 0.3 is 5.90 Å². The Bertz CT molecular complexity index is 760. The quantitative estimate of drug-likeness (QED) is 0.199. The van der Waals surface area contributed by atoms with Crippen molar-refractivity contribution in [3.05, 3.63) is 35.9 Å². The Morgan fingerprint density at radius 3 is 1.81 bits per heavy atom. The third kappa shape index (κ3) is 11.8. The number of hydrogen-bond acceptors (Lipinski definition) is 3. The van der Waals surface area contributed by atoms with E-state index in [2.05, 4.69) is 73.8 Å². The van der Waals surface area contributed by atoms with E-state index in [1.165, 1.54) is 89.2 Å². The van der Waals surface area contributed by atoms with E-state index in [0.29, 0.717) is 6.61 Å². The van der Waals surface area contributed by atoms with Crippen molar-refractivity contribution in [2.75, 3.05) is 38.8 Å². The Hall–Kier alpha value is -1.33. The third-order valence-corrected chi connectivity index (χ3v) is 7.35. The van der Waals surface area contributed by atoms with Crippen molar-refractivity contribution in [3.8, 4) is 0 Å². The Morgan fingerprint density at radius 1 is 0.833 bits per heavy atom. The third-order valence-electron chi connectivity index (χ3n) is 7.35. The number of benzene rings is 1. The maximum Gasteiger partial charge on any atom is 0.363 e. The minimum Gasteiger partial charge on any atom is -1.00 e. The molecule has 1 unspecified atom stereocenters. The molecule has 1 aliphatic heterocycles. The first kappa shape index (κ1) is 32.7. The number of anilines is 1. The molecular weight excluding hydrogens is 512 g/mol. The van der Waals surface area contributed by atoms with Gasteiger partial charge in [-0.05, 0) is 30.2 Å². The molecule has 206 valence electrons. The molecule has 1 aromatic carbocycles. The molecule has 0 bridgehead atoms. The van der Waals surface area contributed by atoms with Crippen LogP contribution in [0.4, 0.5) is 5.69 Å². The summed E-state index contributed by atoms with van der Waals surface area (Å²) in [5, 5.41) is 10.0. The summed E-state index contributed by atoms with van der Waals surface area (Å²) in [6.07, 6.45) is 23.3. The molecule has 0 saturated heterocycles. The first-order valence-corrected chi connectivity index (χ1v) is 14.3. The van der Waals surface area contributed by atoms with Crippen LogP contribution in [0.15, 0.2) is 30.3 Å². The second-order valence-electron chi connectivity index (χ2n) is 10.8. The molecule has 1 aliphatic rings.